The van der Waals surface area contributed by atoms with Gasteiger partial charge in [-0.25, -0.2) is 4.79 Å². The average molecular weight is 327 g/mol. The second-order valence-corrected chi connectivity index (χ2v) is 8.39. The van der Waals surface area contributed by atoms with Crippen molar-refractivity contribution in [2.75, 3.05) is 6.54 Å². The Morgan fingerprint density at radius 2 is 1.96 bits per heavy atom. The Hall–Kier alpha value is -0.770. The highest BCUT2D eigenvalue weighted by molar-refractivity contribution is 5.67. The zero-order valence-corrected chi connectivity index (χ0v) is 16.1. The van der Waals surface area contributed by atoms with E-state index in [4.69, 9.17) is 4.74 Å². The van der Waals surface area contributed by atoms with Gasteiger partial charge in [0.15, 0.2) is 0 Å². The summed E-state index contributed by atoms with van der Waals surface area (Å²) in [6.07, 6.45) is 7.05. The minimum Gasteiger partial charge on any atom is -0.444 e. The van der Waals surface area contributed by atoms with Crippen molar-refractivity contribution >= 4 is 6.09 Å². The van der Waals surface area contributed by atoms with Crippen molar-refractivity contribution < 1.29 is 9.53 Å². The summed E-state index contributed by atoms with van der Waals surface area (Å²) < 4.78 is 5.34. The number of hydrogen-bond donors (Lipinski definition) is 2. The molecule has 1 aliphatic rings. The first-order chi connectivity index (χ1) is 10.7. The molecule has 0 radical (unpaired) electrons. The van der Waals surface area contributed by atoms with Crippen molar-refractivity contribution in [1.29, 1.82) is 0 Å². The summed E-state index contributed by atoms with van der Waals surface area (Å²) in [5.41, 5.74) is -0.441. The summed E-state index contributed by atoms with van der Waals surface area (Å²) in [6.45, 7) is 13.2. The molecular formula is C19H38N2O2. The lowest BCUT2D eigenvalue weighted by Crippen LogP contribution is -2.50. The topological polar surface area (TPSA) is 50.4 Å². The van der Waals surface area contributed by atoms with Crippen molar-refractivity contribution in [3.8, 4) is 0 Å². The van der Waals surface area contributed by atoms with Crippen LogP contribution in [0.3, 0.4) is 0 Å². The van der Waals surface area contributed by atoms with Gasteiger partial charge >= 0.3 is 6.09 Å². The molecule has 1 aliphatic carbocycles. The van der Waals surface area contributed by atoms with Crippen LogP contribution in [0.5, 0.6) is 0 Å². The molecule has 0 aromatic carbocycles. The molecule has 136 valence electrons. The molecule has 1 amide bonds. The molecule has 0 aliphatic heterocycles. The summed E-state index contributed by atoms with van der Waals surface area (Å²) in [4.78, 5) is 11.9. The number of carbonyl (C=O) groups excluding carboxylic acids is 1. The van der Waals surface area contributed by atoms with Crippen LogP contribution in [0.4, 0.5) is 4.79 Å². The Labute approximate surface area is 143 Å². The molecule has 0 aromatic heterocycles. The van der Waals surface area contributed by atoms with Gasteiger partial charge in [0.05, 0.1) is 0 Å². The summed E-state index contributed by atoms with van der Waals surface area (Å²) in [5.74, 6) is 1.52. The van der Waals surface area contributed by atoms with Gasteiger partial charge in [0.25, 0.3) is 0 Å². The van der Waals surface area contributed by atoms with Gasteiger partial charge in [-0.05, 0) is 51.9 Å². The average Bonchev–Trinajstić information content (AvgIpc) is 2.43. The van der Waals surface area contributed by atoms with E-state index in [0.29, 0.717) is 18.6 Å². The fourth-order valence-corrected chi connectivity index (χ4v) is 3.28. The van der Waals surface area contributed by atoms with Crippen LogP contribution >= 0.6 is 0 Å². The number of amides is 1. The first-order valence-electron chi connectivity index (χ1n) is 9.44. The Morgan fingerprint density at radius 3 is 2.57 bits per heavy atom. The lowest BCUT2D eigenvalue weighted by molar-refractivity contribution is 0.0519. The molecule has 2 N–H and O–H groups in total. The molecule has 4 nitrogen and oxygen atoms in total. The molecule has 0 heterocycles. The van der Waals surface area contributed by atoms with E-state index in [1.165, 1.54) is 32.1 Å². The van der Waals surface area contributed by atoms with Gasteiger partial charge < -0.3 is 15.4 Å². The molecular weight excluding hydrogens is 288 g/mol. The number of alkyl carbamates (subject to hydrolysis) is 1. The molecule has 4 atom stereocenters. The summed E-state index contributed by atoms with van der Waals surface area (Å²) in [6, 6.07) is 0.904. The molecule has 0 bridgehead atoms. The van der Waals surface area contributed by atoms with Crippen LogP contribution in [-0.4, -0.2) is 30.3 Å². The maximum absolute atomic E-state index is 11.9. The van der Waals surface area contributed by atoms with E-state index in [-0.39, 0.29) is 6.09 Å². The Morgan fingerprint density at radius 1 is 1.26 bits per heavy atom. The van der Waals surface area contributed by atoms with Crippen LogP contribution in [0.25, 0.3) is 0 Å². The monoisotopic (exact) mass is 326 g/mol. The molecule has 1 rings (SSSR count). The van der Waals surface area contributed by atoms with Crippen LogP contribution in [0, 0.1) is 11.8 Å². The van der Waals surface area contributed by atoms with Crippen LogP contribution in [0.1, 0.15) is 80.1 Å². The fourth-order valence-electron chi connectivity index (χ4n) is 3.28. The standard InChI is InChI=1S/C19H38N2O2/c1-7-8-9-16(13-20-18(22)23-19(4,5)6)21-17-12-14(2)10-11-15(17)3/h14-17,21H,7-13H2,1-6H3,(H,20,22). The SMILES string of the molecule is CCCCC(CNC(=O)OC(C)(C)C)NC1CC(C)CCC1C. The first kappa shape index (κ1) is 20.3. The third kappa shape index (κ3) is 8.59. The van der Waals surface area contributed by atoms with Crippen LogP contribution in [-0.2, 0) is 4.74 Å². The van der Waals surface area contributed by atoms with Crippen molar-refractivity contribution in [3.63, 3.8) is 0 Å². The highest BCUT2D eigenvalue weighted by Gasteiger charge is 2.27. The minimum atomic E-state index is -0.441. The molecule has 1 fully saturated rings. The van der Waals surface area contributed by atoms with E-state index < -0.39 is 5.60 Å². The quantitative estimate of drug-likeness (QED) is 0.725. The molecule has 23 heavy (non-hydrogen) atoms. The van der Waals surface area contributed by atoms with Gasteiger partial charge in [-0.15, -0.1) is 0 Å². The molecule has 1 saturated carbocycles. The third-order valence-electron chi connectivity index (χ3n) is 4.71. The van der Waals surface area contributed by atoms with Crippen molar-refractivity contribution in [3.05, 3.63) is 0 Å². The number of rotatable bonds is 7. The van der Waals surface area contributed by atoms with Gasteiger partial charge in [-0.3, -0.25) is 0 Å². The molecule has 0 saturated heterocycles. The van der Waals surface area contributed by atoms with E-state index in [0.717, 1.165) is 18.3 Å². The van der Waals surface area contributed by atoms with Gasteiger partial charge in [0.1, 0.15) is 5.60 Å². The molecule has 4 heteroatoms. The van der Waals surface area contributed by atoms with Crippen molar-refractivity contribution in [1.82, 2.24) is 10.6 Å². The van der Waals surface area contributed by atoms with Gasteiger partial charge in [-0.2, -0.15) is 0 Å². The molecule has 0 aromatic rings. The van der Waals surface area contributed by atoms with Crippen molar-refractivity contribution in [2.45, 2.75) is 97.8 Å². The van der Waals surface area contributed by atoms with E-state index in [2.05, 4.69) is 31.4 Å². The zero-order chi connectivity index (χ0) is 17.5. The number of unbranched alkanes of at least 4 members (excludes halogenated alkanes) is 1. The number of nitrogens with one attached hydrogen (secondary N) is 2. The second kappa shape index (κ2) is 9.51. The van der Waals surface area contributed by atoms with E-state index in [9.17, 15) is 4.79 Å². The van der Waals surface area contributed by atoms with Gasteiger partial charge in [0, 0.05) is 18.6 Å². The lowest BCUT2D eigenvalue weighted by Gasteiger charge is -2.36. The van der Waals surface area contributed by atoms with Gasteiger partial charge in [0.2, 0.25) is 0 Å². The number of carbonyl (C=O) groups is 1. The first-order valence-corrected chi connectivity index (χ1v) is 9.44. The summed E-state index contributed by atoms with van der Waals surface area (Å²) in [7, 11) is 0. The van der Waals surface area contributed by atoms with E-state index in [1.807, 2.05) is 20.8 Å². The Bertz CT molecular complexity index is 352. The van der Waals surface area contributed by atoms with Crippen LogP contribution in [0.15, 0.2) is 0 Å². The lowest BCUT2D eigenvalue weighted by atomic mass is 9.79. The summed E-state index contributed by atoms with van der Waals surface area (Å²) in [5, 5.41) is 6.76. The van der Waals surface area contributed by atoms with Crippen LogP contribution in [0.2, 0.25) is 0 Å². The molecule has 0 spiro atoms. The third-order valence-corrected chi connectivity index (χ3v) is 4.71. The minimum absolute atomic E-state index is 0.314. The van der Waals surface area contributed by atoms with Crippen molar-refractivity contribution in [2.24, 2.45) is 11.8 Å². The normalized spacial score (nSPS) is 26.6. The number of ether oxygens (including phenoxy) is 1. The van der Waals surface area contributed by atoms with E-state index in [1.54, 1.807) is 0 Å². The maximum atomic E-state index is 11.9. The zero-order valence-electron chi connectivity index (χ0n) is 16.1. The number of hydrogen-bond acceptors (Lipinski definition) is 3. The highest BCUT2D eigenvalue weighted by Crippen LogP contribution is 2.28. The predicted molar refractivity (Wildman–Crippen MR) is 96.7 cm³/mol. The largest absolute Gasteiger partial charge is 0.444 e. The van der Waals surface area contributed by atoms with Crippen LogP contribution < -0.4 is 10.6 Å². The Balaban J connectivity index is 2.49. The van der Waals surface area contributed by atoms with Gasteiger partial charge in [-0.1, -0.05) is 40.0 Å². The highest BCUT2D eigenvalue weighted by atomic mass is 16.6. The van der Waals surface area contributed by atoms with E-state index >= 15 is 0 Å². The fraction of sp³-hybridized carbons (Fsp3) is 0.947. The predicted octanol–water partition coefficient (Wildman–Crippen LogP) is 4.48. The smallest absolute Gasteiger partial charge is 0.407 e. The maximum Gasteiger partial charge on any atom is 0.407 e. The second-order valence-electron chi connectivity index (χ2n) is 8.39. The molecule has 4 unspecified atom stereocenters. The summed E-state index contributed by atoms with van der Waals surface area (Å²) >= 11 is 0. The Kier molecular flexibility index (Phi) is 8.38.